The Kier molecular flexibility index (Phi) is 9.30. The van der Waals surface area contributed by atoms with E-state index in [9.17, 15) is 22.8 Å². The Hall–Kier alpha value is -1.68. The molecule has 4 rings (SSSR count). The minimum Gasteiger partial charge on any atom is -0.463 e. The van der Waals surface area contributed by atoms with E-state index in [1.807, 2.05) is 0 Å². The lowest BCUT2D eigenvalue weighted by Gasteiger charge is -2.62. The molecular weight excluding hydrogens is 534 g/mol. The van der Waals surface area contributed by atoms with E-state index in [2.05, 4.69) is 26.1 Å². The van der Waals surface area contributed by atoms with E-state index >= 15 is 0 Å². The molecule has 40 heavy (non-hydrogen) atoms. The summed E-state index contributed by atoms with van der Waals surface area (Å²) in [5, 5.41) is 2.60. The van der Waals surface area contributed by atoms with Crippen LogP contribution in [0.2, 0.25) is 0 Å². The maximum absolute atomic E-state index is 12.3. The molecule has 0 unspecified atom stereocenters. The second-order valence-corrected chi connectivity index (χ2v) is 15.3. The predicted octanol–water partition coefficient (Wildman–Crippen LogP) is 4.54. The van der Waals surface area contributed by atoms with Crippen LogP contribution in [-0.2, 0) is 34.0 Å². The number of fused-ring (bicyclic) bond motifs is 5. The van der Waals surface area contributed by atoms with Gasteiger partial charge in [0.1, 0.15) is 12.2 Å². The van der Waals surface area contributed by atoms with Crippen LogP contribution in [0.5, 0.6) is 0 Å². The standard InChI is InChI=1S/C30H49NO8S/c1-18(6-9-27(34)31-14-15-40(35,36)37)23-7-8-24-28-25(11-13-30(23,24)5)29(4)12-10-22(38-19(2)32)16-21(29)17-26(28)39-20(3)33/h18,21-26,28H,6-17H2,1-5H3,(H,31,34)(H,35,36,37)/t18-,21+,22-,23-,24+,25+,26-,28+,29+,30-/m1/s1. The van der Waals surface area contributed by atoms with Crippen molar-refractivity contribution in [1.82, 2.24) is 5.32 Å². The summed E-state index contributed by atoms with van der Waals surface area (Å²) in [6.45, 7) is 9.98. The molecule has 4 fully saturated rings. The molecule has 4 aliphatic carbocycles. The number of ether oxygens (including phenoxy) is 2. The number of carbonyl (C=O) groups excluding carboxylic acids is 3. The van der Waals surface area contributed by atoms with Crippen molar-refractivity contribution in [3.8, 4) is 0 Å². The van der Waals surface area contributed by atoms with E-state index in [4.69, 9.17) is 14.0 Å². The van der Waals surface area contributed by atoms with Gasteiger partial charge in [-0.1, -0.05) is 20.8 Å². The maximum Gasteiger partial charge on any atom is 0.302 e. The zero-order valence-corrected chi connectivity index (χ0v) is 25.6. The van der Waals surface area contributed by atoms with Crippen LogP contribution in [0.25, 0.3) is 0 Å². The second-order valence-electron chi connectivity index (χ2n) is 13.8. The normalized spacial score (nSPS) is 39.7. The topological polar surface area (TPSA) is 136 Å². The molecular formula is C30H49NO8S. The van der Waals surface area contributed by atoms with Gasteiger partial charge in [0, 0.05) is 32.7 Å². The Balaban J connectivity index is 1.46. The third-order valence-electron chi connectivity index (χ3n) is 11.5. The molecule has 0 radical (unpaired) electrons. The van der Waals surface area contributed by atoms with Crippen molar-refractivity contribution in [3.05, 3.63) is 0 Å². The van der Waals surface area contributed by atoms with Gasteiger partial charge in [0.25, 0.3) is 10.1 Å². The molecule has 0 aromatic rings. The summed E-state index contributed by atoms with van der Waals surface area (Å²) in [6, 6.07) is 0. The summed E-state index contributed by atoms with van der Waals surface area (Å²) in [4.78, 5) is 36.3. The van der Waals surface area contributed by atoms with Gasteiger partial charge in [-0.25, -0.2) is 0 Å². The lowest BCUT2D eigenvalue weighted by atomic mass is 9.43. The molecule has 4 saturated carbocycles. The highest BCUT2D eigenvalue weighted by atomic mass is 32.2. The van der Waals surface area contributed by atoms with Gasteiger partial charge in [0.15, 0.2) is 0 Å². The first-order valence-corrected chi connectivity index (χ1v) is 16.8. The molecule has 10 heteroatoms. The molecule has 0 bridgehead atoms. The summed E-state index contributed by atoms with van der Waals surface area (Å²) in [7, 11) is -4.09. The van der Waals surface area contributed by atoms with Gasteiger partial charge < -0.3 is 14.8 Å². The summed E-state index contributed by atoms with van der Waals surface area (Å²) in [5.41, 5.74) is 0.252. The van der Waals surface area contributed by atoms with Crippen LogP contribution in [0, 0.1) is 46.3 Å². The van der Waals surface area contributed by atoms with E-state index in [-0.39, 0.29) is 47.4 Å². The van der Waals surface area contributed by atoms with Crippen LogP contribution >= 0.6 is 0 Å². The van der Waals surface area contributed by atoms with Crippen molar-refractivity contribution in [2.24, 2.45) is 46.3 Å². The Morgan fingerprint density at radius 3 is 2.25 bits per heavy atom. The highest BCUT2D eigenvalue weighted by Gasteiger charge is 2.64. The summed E-state index contributed by atoms with van der Waals surface area (Å²) in [5.74, 6) is 1.27. The van der Waals surface area contributed by atoms with Gasteiger partial charge in [-0.2, -0.15) is 8.42 Å². The third kappa shape index (κ3) is 6.53. The fraction of sp³-hybridized carbons (Fsp3) is 0.900. The molecule has 9 nitrogen and oxygen atoms in total. The summed E-state index contributed by atoms with van der Waals surface area (Å²) < 4.78 is 42.4. The number of amides is 1. The Bertz CT molecular complexity index is 1080. The largest absolute Gasteiger partial charge is 0.463 e. The highest BCUT2D eigenvalue weighted by Crippen LogP contribution is 2.68. The molecule has 4 aliphatic rings. The van der Waals surface area contributed by atoms with Gasteiger partial charge in [-0.05, 0) is 98.2 Å². The van der Waals surface area contributed by atoms with E-state index in [0.717, 1.165) is 57.8 Å². The first-order valence-electron chi connectivity index (χ1n) is 15.2. The van der Waals surface area contributed by atoms with Crippen LogP contribution < -0.4 is 5.32 Å². The zero-order valence-electron chi connectivity index (χ0n) is 24.8. The average molecular weight is 584 g/mol. The predicted molar refractivity (Wildman–Crippen MR) is 150 cm³/mol. The minimum atomic E-state index is -4.09. The van der Waals surface area contributed by atoms with Crippen molar-refractivity contribution in [2.75, 3.05) is 12.3 Å². The number of nitrogens with one attached hydrogen (secondary N) is 1. The Morgan fingerprint density at radius 2 is 1.60 bits per heavy atom. The molecule has 0 heterocycles. The SMILES string of the molecule is CC(=O)O[C@@H]1CC[C@@]2(C)[C@@H](C1)C[C@@H](OC(C)=O)[C@@H]1[C@@H]2CC[C@]2(C)[C@@H]([C@H](C)CCC(=O)NCCS(=O)(=O)O)CC[C@@H]12. The summed E-state index contributed by atoms with van der Waals surface area (Å²) in [6.07, 6.45) is 8.87. The van der Waals surface area contributed by atoms with Gasteiger partial charge >= 0.3 is 11.9 Å². The van der Waals surface area contributed by atoms with Crippen molar-refractivity contribution in [1.29, 1.82) is 0 Å². The first-order chi connectivity index (χ1) is 18.6. The highest BCUT2D eigenvalue weighted by molar-refractivity contribution is 7.85. The monoisotopic (exact) mass is 583 g/mol. The fourth-order valence-corrected chi connectivity index (χ4v) is 10.1. The molecule has 228 valence electrons. The maximum atomic E-state index is 12.3. The number of carbonyl (C=O) groups is 3. The average Bonchev–Trinajstić information content (AvgIpc) is 3.19. The van der Waals surface area contributed by atoms with E-state index in [1.165, 1.54) is 13.8 Å². The zero-order chi connectivity index (χ0) is 29.5. The number of esters is 2. The molecule has 0 saturated heterocycles. The van der Waals surface area contributed by atoms with Gasteiger partial charge in [-0.3, -0.25) is 18.9 Å². The molecule has 10 atom stereocenters. The molecule has 2 N–H and O–H groups in total. The van der Waals surface area contributed by atoms with Crippen LogP contribution in [0.1, 0.15) is 98.8 Å². The van der Waals surface area contributed by atoms with Crippen LogP contribution in [0.3, 0.4) is 0 Å². The first kappa shape index (κ1) is 31.3. The van der Waals surface area contributed by atoms with Gasteiger partial charge in [0.2, 0.25) is 5.91 Å². The number of hydrogen-bond acceptors (Lipinski definition) is 7. The second kappa shape index (κ2) is 11.9. The minimum absolute atomic E-state index is 0.0547. The van der Waals surface area contributed by atoms with Crippen molar-refractivity contribution in [3.63, 3.8) is 0 Å². The van der Waals surface area contributed by atoms with E-state index in [0.29, 0.717) is 41.9 Å². The van der Waals surface area contributed by atoms with E-state index in [1.54, 1.807) is 0 Å². The molecule has 0 aliphatic heterocycles. The Morgan fingerprint density at radius 1 is 0.950 bits per heavy atom. The van der Waals surface area contributed by atoms with Crippen LogP contribution in [0.15, 0.2) is 0 Å². The Labute approximate surface area is 239 Å². The third-order valence-corrected chi connectivity index (χ3v) is 12.3. The van der Waals surface area contributed by atoms with Crippen LogP contribution in [0.4, 0.5) is 0 Å². The molecule has 0 aromatic heterocycles. The number of rotatable bonds is 9. The molecule has 0 spiro atoms. The quantitative estimate of drug-likeness (QED) is 0.298. The summed E-state index contributed by atoms with van der Waals surface area (Å²) >= 11 is 0. The van der Waals surface area contributed by atoms with Crippen LogP contribution in [-0.4, -0.2) is 55.3 Å². The van der Waals surface area contributed by atoms with Gasteiger partial charge in [-0.15, -0.1) is 0 Å². The molecule has 1 amide bonds. The van der Waals surface area contributed by atoms with E-state index < -0.39 is 15.9 Å². The van der Waals surface area contributed by atoms with Gasteiger partial charge in [0.05, 0.1) is 5.75 Å². The van der Waals surface area contributed by atoms with Crippen molar-refractivity contribution in [2.45, 2.75) is 111 Å². The lowest BCUT2D eigenvalue weighted by molar-refractivity contribution is -0.197. The molecule has 0 aromatic carbocycles. The smallest absolute Gasteiger partial charge is 0.302 e. The van der Waals surface area contributed by atoms with Crippen molar-refractivity contribution >= 4 is 28.0 Å². The number of hydrogen-bond donors (Lipinski definition) is 2. The van der Waals surface area contributed by atoms with Crippen molar-refractivity contribution < 1.29 is 36.8 Å². The lowest BCUT2D eigenvalue weighted by Crippen LogP contribution is -2.59. The fourth-order valence-electron chi connectivity index (χ4n) is 9.78.